The lowest BCUT2D eigenvalue weighted by atomic mass is 10.1. The van der Waals surface area contributed by atoms with Gasteiger partial charge in [0.2, 0.25) is 0 Å². The molecule has 1 N–H and O–H groups in total. The summed E-state index contributed by atoms with van der Waals surface area (Å²) in [5.74, 6) is 5.35. The molecule has 3 rings (SSSR count). The van der Waals surface area contributed by atoms with Crippen LogP contribution in [0, 0.1) is 22.0 Å². The highest BCUT2D eigenvalue weighted by Gasteiger charge is 2.18. The fraction of sp³-hybridized carbons (Fsp3) is 0.0526. The number of rotatable bonds is 4. The summed E-state index contributed by atoms with van der Waals surface area (Å²) in [4.78, 5) is 26.9. The smallest absolute Gasteiger partial charge is 0.294 e. The first-order valence-corrected chi connectivity index (χ1v) is 7.74. The maximum Gasteiger partial charge on any atom is 0.294 e. The van der Waals surface area contributed by atoms with Crippen LogP contribution in [0.4, 0.5) is 5.69 Å². The molecule has 0 aliphatic heterocycles. The number of carbonyl (C=O) groups excluding carboxylic acids is 1. The van der Waals surface area contributed by atoms with Gasteiger partial charge in [-0.3, -0.25) is 14.9 Å². The Kier molecular flexibility index (Phi) is 5.05. The molecule has 0 unspecified atom stereocenters. The van der Waals surface area contributed by atoms with Crippen molar-refractivity contribution in [3.05, 3.63) is 88.5 Å². The number of imidazole rings is 1. The number of nitro groups is 1. The Labute approximate surface area is 149 Å². The molecule has 0 spiro atoms. The van der Waals surface area contributed by atoms with E-state index in [2.05, 4.69) is 22.1 Å². The zero-order valence-corrected chi connectivity index (χ0v) is 13.6. The molecule has 0 bridgehead atoms. The number of nitrogens with zero attached hydrogens (tertiary/aromatic N) is 3. The second kappa shape index (κ2) is 7.77. The fourth-order valence-corrected chi connectivity index (χ4v) is 2.33. The number of benzene rings is 2. The first kappa shape index (κ1) is 16.9. The summed E-state index contributed by atoms with van der Waals surface area (Å²) in [6.45, 7) is 0.144. The van der Waals surface area contributed by atoms with Gasteiger partial charge in [-0.25, -0.2) is 4.98 Å². The quantitative estimate of drug-likeness (QED) is 0.447. The molecule has 0 aliphatic rings. The van der Waals surface area contributed by atoms with E-state index >= 15 is 0 Å². The summed E-state index contributed by atoms with van der Waals surface area (Å²) in [6.07, 6.45) is 4.58. The van der Waals surface area contributed by atoms with Gasteiger partial charge in [0.1, 0.15) is 5.69 Å². The van der Waals surface area contributed by atoms with Crippen LogP contribution in [0.3, 0.4) is 0 Å². The van der Waals surface area contributed by atoms with Crippen LogP contribution in [-0.4, -0.2) is 26.9 Å². The zero-order chi connectivity index (χ0) is 18.4. The van der Waals surface area contributed by atoms with Gasteiger partial charge in [0.05, 0.1) is 17.8 Å². The van der Waals surface area contributed by atoms with E-state index in [1.165, 1.54) is 35.3 Å². The van der Waals surface area contributed by atoms with Crippen molar-refractivity contribution in [1.82, 2.24) is 14.9 Å². The minimum absolute atomic E-state index is 0.144. The summed E-state index contributed by atoms with van der Waals surface area (Å²) in [5.41, 5.74) is 1.21. The summed E-state index contributed by atoms with van der Waals surface area (Å²) < 4.78 is 1.52. The van der Waals surface area contributed by atoms with Gasteiger partial charge in [-0.05, 0) is 24.3 Å². The largest absolute Gasteiger partial charge is 0.341 e. The number of nitrogens with one attached hydrogen (secondary N) is 1. The van der Waals surface area contributed by atoms with Crippen molar-refractivity contribution in [3.63, 3.8) is 0 Å². The van der Waals surface area contributed by atoms with Gasteiger partial charge in [-0.2, -0.15) is 0 Å². The number of hydrogen-bond donors (Lipinski definition) is 1. The number of amides is 1. The van der Waals surface area contributed by atoms with Crippen molar-refractivity contribution in [2.45, 2.75) is 0 Å². The lowest BCUT2D eigenvalue weighted by molar-refractivity contribution is -0.384. The highest BCUT2D eigenvalue weighted by atomic mass is 16.6. The van der Waals surface area contributed by atoms with Crippen molar-refractivity contribution in [2.24, 2.45) is 0 Å². The van der Waals surface area contributed by atoms with Crippen LogP contribution < -0.4 is 5.32 Å². The van der Waals surface area contributed by atoms with Gasteiger partial charge in [0, 0.05) is 29.6 Å². The van der Waals surface area contributed by atoms with Crippen molar-refractivity contribution in [2.75, 3.05) is 6.54 Å². The van der Waals surface area contributed by atoms with E-state index in [1.54, 1.807) is 6.20 Å². The van der Waals surface area contributed by atoms with Crippen LogP contribution in [0.1, 0.15) is 15.9 Å². The van der Waals surface area contributed by atoms with Crippen LogP contribution >= 0.6 is 0 Å². The molecule has 7 heteroatoms. The molecule has 7 nitrogen and oxygen atoms in total. The van der Waals surface area contributed by atoms with Crippen molar-refractivity contribution < 1.29 is 9.72 Å². The average molecular weight is 346 g/mol. The summed E-state index contributed by atoms with van der Waals surface area (Å²) in [5, 5.41) is 14.0. The molecule has 0 atom stereocenters. The average Bonchev–Trinajstić information content (AvgIpc) is 3.20. The van der Waals surface area contributed by atoms with E-state index < -0.39 is 10.8 Å². The molecule has 1 amide bonds. The summed E-state index contributed by atoms with van der Waals surface area (Å²) in [7, 11) is 0. The van der Waals surface area contributed by atoms with E-state index in [4.69, 9.17) is 0 Å². The standard InChI is InChI=1S/C19H14N4O3/c24-19(21-10-4-7-15-5-2-1-3-6-15)16-8-9-17(18(13-16)23(25)26)22-12-11-20-14-22/h1-3,5-6,8-9,11-14H,10H2,(H,21,24). The van der Waals surface area contributed by atoms with Crippen molar-refractivity contribution in [1.29, 1.82) is 0 Å². The zero-order valence-electron chi connectivity index (χ0n) is 13.6. The Bertz CT molecular complexity index is 987. The Morgan fingerprint density at radius 2 is 2.04 bits per heavy atom. The van der Waals surface area contributed by atoms with Gasteiger partial charge in [-0.1, -0.05) is 30.0 Å². The van der Waals surface area contributed by atoms with E-state index in [0.29, 0.717) is 5.69 Å². The third-order valence-electron chi connectivity index (χ3n) is 3.56. The van der Waals surface area contributed by atoms with Gasteiger partial charge in [0.25, 0.3) is 11.6 Å². The van der Waals surface area contributed by atoms with Crippen LogP contribution in [0.25, 0.3) is 5.69 Å². The first-order chi connectivity index (χ1) is 12.6. The monoisotopic (exact) mass is 346 g/mol. The van der Waals surface area contributed by atoms with Crippen LogP contribution in [-0.2, 0) is 0 Å². The third kappa shape index (κ3) is 3.94. The molecule has 2 aromatic carbocycles. The van der Waals surface area contributed by atoms with Crippen molar-refractivity contribution in [3.8, 4) is 17.5 Å². The topological polar surface area (TPSA) is 90.1 Å². The minimum Gasteiger partial charge on any atom is -0.341 e. The molecule has 1 heterocycles. The normalized spacial score (nSPS) is 9.85. The van der Waals surface area contributed by atoms with Crippen molar-refractivity contribution >= 4 is 11.6 Å². The lowest BCUT2D eigenvalue weighted by Gasteiger charge is -2.06. The molecule has 0 radical (unpaired) electrons. The highest BCUT2D eigenvalue weighted by molar-refractivity contribution is 5.95. The molecular formula is C19H14N4O3. The second-order valence-electron chi connectivity index (χ2n) is 5.28. The third-order valence-corrected chi connectivity index (χ3v) is 3.56. The molecule has 0 saturated carbocycles. The minimum atomic E-state index is -0.526. The number of aromatic nitrogens is 2. The van der Waals surface area contributed by atoms with E-state index in [1.807, 2.05) is 30.3 Å². The van der Waals surface area contributed by atoms with Crippen LogP contribution in [0.5, 0.6) is 0 Å². The second-order valence-corrected chi connectivity index (χ2v) is 5.28. The Hall–Kier alpha value is -3.92. The summed E-state index contributed by atoms with van der Waals surface area (Å²) in [6, 6.07) is 13.7. The highest BCUT2D eigenvalue weighted by Crippen LogP contribution is 2.24. The van der Waals surface area contributed by atoms with Crippen LogP contribution in [0.2, 0.25) is 0 Å². The maximum absolute atomic E-state index is 12.2. The molecule has 128 valence electrons. The lowest BCUT2D eigenvalue weighted by Crippen LogP contribution is -2.23. The molecule has 26 heavy (non-hydrogen) atoms. The Morgan fingerprint density at radius 3 is 2.73 bits per heavy atom. The predicted molar refractivity (Wildman–Crippen MR) is 95.9 cm³/mol. The number of carbonyl (C=O) groups is 1. The SMILES string of the molecule is O=C(NCC#Cc1ccccc1)c1ccc(-n2ccnc2)c([N+](=O)[O-])c1. The molecule has 0 aliphatic carbocycles. The number of nitro benzene ring substituents is 1. The van der Waals surface area contributed by atoms with Gasteiger partial charge in [0.15, 0.2) is 0 Å². The molecular weight excluding hydrogens is 332 g/mol. The fourth-order valence-electron chi connectivity index (χ4n) is 2.33. The van der Waals surface area contributed by atoms with E-state index in [9.17, 15) is 14.9 Å². The molecule has 0 fully saturated rings. The Balaban J connectivity index is 1.73. The van der Waals surface area contributed by atoms with Crippen LogP contribution in [0.15, 0.2) is 67.3 Å². The summed E-state index contributed by atoms with van der Waals surface area (Å²) >= 11 is 0. The molecule has 1 aromatic heterocycles. The Morgan fingerprint density at radius 1 is 1.23 bits per heavy atom. The maximum atomic E-state index is 12.2. The molecule has 0 saturated heterocycles. The predicted octanol–water partition coefficient (Wildman–Crippen LogP) is 2.56. The van der Waals surface area contributed by atoms with Gasteiger partial charge < -0.3 is 9.88 Å². The van der Waals surface area contributed by atoms with Gasteiger partial charge in [-0.15, -0.1) is 0 Å². The van der Waals surface area contributed by atoms with E-state index in [0.717, 1.165) is 5.56 Å². The first-order valence-electron chi connectivity index (χ1n) is 7.74. The van der Waals surface area contributed by atoms with Gasteiger partial charge >= 0.3 is 0 Å². The number of hydrogen-bond acceptors (Lipinski definition) is 4. The van der Waals surface area contributed by atoms with E-state index in [-0.39, 0.29) is 17.8 Å². The molecule has 3 aromatic rings.